The highest BCUT2D eigenvalue weighted by Crippen LogP contribution is 2.31. The van der Waals surface area contributed by atoms with Gasteiger partial charge in [-0.25, -0.2) is 9.18 Å². The lowest BCUT2D eigenvalue weighted by Gasteiger charge is -2.31. The van der Waals surface area contributed by atoms with Crippen molar-refractivity contribution < 1.29 is 9.18 Å². The van der Waals surface area contributed by atoms with E-state index in [9.17, 15) is 9.18 Å². The van der Waals surface area contributed by atoms with Gasteiger partial charge in [-0.1, -0.05) is 12.1 Å². The molecule has 0 bridgehead atoms. The third kappa shape index (κ3) is 3.89. The molecule has 23 heavy (non-hydrogen) atoms. The third-order valence-electron chi connectivity index (χ3n) is 4.12. The average Bonchev–Trinajstić information content (AvgIpc) is 3.03. The number of benzene rings is 1. The highest BCUT2D eigenvalue weighted by atomic mass is 32.1. The van der Waals surface area contributed by atoms with Gasteiger partial charge in [0.05, 0.1) is 5.00 Å². The molecule has 1 aliphatic rings. The molecule has 0 atom stereocenters. The van der Waals surface area contributed by atoms with E-state index in [4.69, 9.17) is 0 Å². The Bertz CT molecular complexity index is 682. The number of nitrogens with one attached hydrogen (secondary N) is 2. The van der Waals surface area contributed by atoms with Gasteiger partial charge in [0.2, 0.25) is 0 Å². The number of hydrogen-bond acceptors (Lipinski definition) is 3. The molecule has 1 aromatic heterocycles. The van der Waals surface area contributed by atoms with Crippen LogP contribution in [0.15, 0.2) is 36.4 Å². The van der Waals surface area contributed by atoms with E-state index in [1.54, 1.807) is 11.0 Å². The number of nitrogens with zero attached hydrogens (tertiary/aromatic N) is 1. The van der Waals surface area contributed by atoms with Gasteiger partial charge < -0.3 is 10.2 Å². The minimum atomic E-state index is -0.257. The SMILES string of the molecule is CN(C(=O)Nc1ccc(-c2cccc(F)c2)s1)C1CCNCC1. The Hall–Kier alpha value is -1.92. The van der Waals surface area contributed by atoms with Crippen molar-refractivity contribution in [3.63, 3.8) is 0 Å². The van der Waals surface area contributed by atoms with Crippen LogP contribution in [0.2, 0.25) is 0 Å². The van der Waals surface area contributed by atoms with Crippen LogP contribution in [0.3, 0.4) is 0 Å². The number of carbonyl (C=O) groups is 1. The summed E-state index contributed by atoms with van der Waals surface area (Å²) in [7, 11) is 1.84. The molecule has 4 nitrogen and oxygen atoms in total. The number of rotatable bonds is 3. The molecular weight excluding hydrogens is 313 g/mol. The molecule has 2 N–H and O–H groups in total. The van der Waals surface area contributed by atoms with Crippen LogP contribution in [0, 0.1) is 5.82 Å². The number of anilines is 1. The molecule has 0 unspecified atom stereocenters. The van der Waals surface area contributed by atoms with Gasteiger partial charge >= 0.3 is 6.03 Å². The Kier molecular flexibility index (Phi) is 4.93. The minimum absolute atomic E-state index is 0.0930. The summed E-state index contributed by atoms with van der Waals surface area (Å²) < 4.78 is 13.3. The van der Waals surface area contributed by atoms with Crippen molar-refractivity contribution in [3.8, 4) is 10.4 Å². The Morgan fingerprint density at radius 2 is 2.09 bits per heavy atom. The van der Waals surface area contributed by atoms with E-state index >= 15 is 0 Å². The lowest BCUT2D eigenvalue weighted by molar-refractivity contribution is 0.189. The average molecular weight is 333 g/mol. The summed E-state index contributed by atoms with van der Waals surface area (Å²) in [5, 5.41) is 7.01. The zero-order valence-electron chi connectivity index (χ0n) is 13.0. The maximum atomic E-state index is 13.3. The number of hydrogen-bond donors (Lipinski definition) is 2. The number of carbonyl (C=O) groups excluding carboxylic acids is 1. The van der Waals surface area contributed by atoms with Gasteiger partial charge in [-0.3, -0.25) is 5.32 Å². The van der Waals surface area contributed by atoms with Gasteiger partial charge in [-0.2, -0.15) is 0 Å². The van der Waals surface area contributed by atoms with Crippen molar-refractivity contribution in [2.45, 2.75) is 18.9 Å². The number of amides is 2. The Balaban J connectivity index is 1.65. The fourth-order valence-corrected chi connectivity index (χ4v) is 3.65. The van der Waals surface area contributed by atoms with Crippen molar-refractivity contribution in [2.75, 3.05) is 25.5 Å². The van der Waals surface area contributed by atoms with Crippen molar-refractivity contribution in [3.05, 3.63) is 42.2 Å². The monoisotopic (exact) mass is 333 g/mol. The summed E-state index contributed by atoms with van der Waals surface area (Å²) in [6.45, 7) is 1.90. The number of thiophene rings is 1. The standard InChI is InChI=1S/C17H20FN3OS/c1-21(14-7-9-19-10-8-14)17(22)20-16-6-5-15(23-16)12-3-2-4-13(18)11-12/h2-6,11,14,19H,7-10H2,1H3,(H,20,22). The zero-order chi connectivity index (χ0) is 16.2. The van der Waals surface area contributed by atoms with Gasteiger partial charge in [0, 0.05) is 18.0 Å². The summed E-state index contributed by atoms with van der Waals surface area (Å²) >= 11 is 1.45. The maximum Gasteiger partial charge on any atom is 0.322 e. The van der Waals surface area contributed by atoms with Gasteiger partial charge in [0.15, 0.2) is 0 Å². The molecule has 1 saturated heterocycles. The van der Waals surface area contributed by atoms with Crippen LogP contribution < -0.4 is 10.6 Å². The van der Waals surface area contributed by atoms with E-state index in [1.165, 1.54) is 23.5 Å². The smallest absolute Gasteiger partial charge is 0.322 e. The quantitative estimate of drug-likeness (QED) is 0.898. The first-order valence-electron chi connectivity index (χ1n) is 7.74. The molecular formula is C17H20FN3OS. The second kappa shape index (κ2) is 7.10. The molecule has 1 fully saturated rings. The summed E-state index contributed by atoms with van der Waals surface area (Å²) in [4.78, 5) is 15.1. The first-order chi connectivity index (χ1) is 11.1. The fraction of sp³-hybridized carbons (Fsp3) is 0.353. The van der Waals surface area contributed by atoms with E-state index in [0.29, 0.717) is 0 Å². The summed E-state index contributed by atoms with van der Waals surface area (Å²) in [5.74, 6) is -0.257. The van der Waals surface area contributed by atoms with Crippen LogP contribution in [-0.2, 0) is 0 Å². The highest BCUT2D eigenvalue weighted by molar-refractivity contribution is 7.19. The fourth-order valence-electron chi connectivity index (χ4n) is 2.76. The first-order valence-corrected chi connectivity index (χ1v) is 8.55. The summed E-state index contributed by atoms with van der Waals surface area (Å²) in [6, 6.07) is 10.4. The van der Waals surface area contributed by atoms with Gasteiger partial charge in [-0.15, -0.1) is 11.3 Å². The second-order valence-electron chi connectivity index (χ2n) is 5.70. The Morgan fingerprint density at radius 3 is 2.83 bits per heavy atom. The lowest BCUT2D eigenvalue weighted by Crippen LogP contribution is -2.45. The molecule has 0 radical (unpaired) electrons. The molecule has 0 spiro atoms. The van der Waals surface area contributed by atoms with Gasteiger partial charge in [-0.05, 0) is 55.8 Å². The van der Waals surface area contributed by atoms with E-state index in [2.05, 4.69) is 10.6 Å². The topological polar surface area (TPSA) is 44.4 Å². The third-order valence-corrected chi connectivity index (χ3v) is 5.17. The summed E-state index contributed by atoms with van der Waals surface area (Å²) in [6.07, 6.45) is 1.95. The number of halogens is 1. The molecule has 3 rings (SSSR count). The van der Waals surface area contributed by atoms with E-state index in [-0.39, 0.29) is 17.9 Å². The normalized spacial score (nSPS) is 15.4. The van der Waals surface area contributed by atoms with Crippen LogP contribution in [0.1, 0.15) is 12.8 Å². The summed E-state index contributed by atoms with van der Waals surface area (Å²) in [5.41, 5.74) is 0.821. The Morgan fingerprint density at radius 1 is 1.30 bits per heavy atom. The van der Waals surface area contributed by atoms with E-state index < -0.39 is 0 Å². The first kappa shape index (κ1) is 16.0. The van der Waals surface area contributed by atoms with E-state index in [0.717, 1.165) is 41.4 Å². The molecule has 1 aliphatic heterocycles. The number of urea groups is 1. The predicted molar refractivity (Wildman–Crippen MR) is 92.4 cm³/mol. The number of piperidine rings is 1. The van der Waals surface area contributed by atoms with Gasteiger partial charge in [0.25, 0.3) is 0 Å². The molecule has 2 heterocycles. The van der Waals surface area contributed by atoms with Crippen molar-refractivity contribution in [2.24, 2.45) is 0 Å². The molecule has 2 aromatic rings. The Labute approximate surface area is 139 Å². The van der Waals surface area contributed by atoms with Crippen LogP contribution in [-0.4, -0.2) is 37.1 Å². The van der Waals surface area contributed by atoms with E-state index in [1.807, 2.05) is 25.2 Å². The largest absolute Gasteiger partial charge is 0.324 e. The molecule has 0 saturated carbocycles. The molecule has 2 amide bonds. The minimum Gasteiger partial charge on any atom is -0.324 e. The predicted octanol–water partition coefficient (Wildman–Crippen LogP) is 3.77. The van der Waals surface area contributed by atoms with Crippen molar-refractivity contribution >= 4 is 22.4 Å². The molecule has 1 aromatic carbocycles. The van der Waals surface area contributed by atoms with Crippen LogP contribution in [0.5, 0.6) is 0 Å². The highest BCUT2D eigenvalue weighted by Gasteiger charge is 2.22. The molecule has 0 aliphatic carbocycles. The van der Waals surface area contributed by atoms with Crippen LogP contribution >= 0.6 is 11.3 Å². The molecule has 6 heteroatoms. The van der Waals surface area contributed by atoms with Gasteiger partial charge in [0.1, 0.15) is 5.82 Å². The van der Waals surface area contributed by atoms with Crippen LogP contribution in [0.4, 0.5) is 14.2 Å². The maximum absolute atomic E-state index is 13.3. The van der Waals surface area contributed by atoms with Crippen molar-refractivity contribution in [1.29, 1.82) is 0 Å². The van der Waals surface area contributed by atoms with Crippen molar-refractivity contribution in [1.82, 2.24) is 10.2 Å². The lowest BCUT2D eigenvalue weighted by atomic mass is 10.1. The van der Waals surface area contributed by atoms with Crippen LogP contribution in [0.25, 0.3) is 10.4 Å². The molecule has 122 valence electrons. The second-order valence-corrected chi connectivity index (χ2v) is 6.78. The zero-order valence-corrected chi connectivity index (χ0v) is 13.8.